The van der Waals surface area contributed by atoms with E-state index in [1.165, 1.54) is 4.70 Å². The minimum Gasteiger partial charge on any atom is -0.878 e. The lowest BCUT2D eigenvalue weighted by molar-refractivity contribution is 0.618. The van der Waals surface area contributed by atoms with Gasteiger partial charge in [0.15, 0.2) is 0 Å². The van der Waals surface area contributed by atoms with E-state index in [2.05, 4.69) is 27.7 Å². The Morgan fingerprint density at radius 2 is 1.76 bits per heavy atom. The van der Waals surface area contributed by atoms with Gasteiger partial charge in [-0.2, -0.15) is 0 Å². The molecule has 0 N–H and O–H groups in total. The van der Waals surface area contributed by atoms with E-state index in [0.29, 0.717) is 0 Å². The fraction of sp³-hybridized carbons (Fsp3) is 0. The van der Waals surface area contributed by atoms with Crippen LogP contribution in [0.2, 0.25) is 0 Å². The van der Waals surface area contributed by atoms with Gasteiger partial charge in [-0.1, -0.05) is 24.3 Å². The molecule has 0 amide bonds. The van der Waals surface area contributed by atoms with Gasteiger partial charge in [0.2, 0.25) is 0 Å². The topological polar surface area (TPSA) is 22.1 Å². The zero-order chi connectivity index (χ0) is 11.7. The summed E-state index contributed by atoms with van der Waals surface area (Å²) in [5, 5.41) is 0.990. The molecule has 0 aliphatic rings. The Kier molecular flexibility index (Phi) is 2.86. The zero-order valence-electron chi connectivity index (χ0n) is 8.96. The quantitative estimate of drug-likeness (QED) is 0.653. The number of hydrogen-bond acceptors (Lipinski definition) is 3. The van der Waals surface area contributed by atoms with Gasteiger partial charge in [0.05, 0.1) is 16.0 Å². The third-order valence-electron chi connectivity index (χ3n) is 2.54. The molecular weight excluding hydrogens is 245 g/mol. The molecule has 0 fully saturated rings. The van der Waals surface area contributed by atoms with Crippen LogP contribution in [-0.4, -0.2) is 21.6 Å². The van der Waals surface area contributed by atoms with E-state index < -0.39 is 0 Å². The molecule has 0 atom stereocenters. The molecule has 1 heterocycles. The summed E-state index contributed by atoms with van der Waals surface area (Å²) in [5.74, 6) is 0.830. The number of hydrogen-bond donors (Lipinski definition) is 0. The van der Waals surface area contributed by atoms with Crippen molar-refractivity contribution in [2.45, 2.75) is 0 Å². The standard InChI is InChI=1S/C13H9NOS.Al/c15-11-7-3-1-5-9(11)13-14-10-6-2-4-8-12(10)16-13;/h1-8,15H;/p-1. The van der Waals surface area contributed by atoms with Gasteiger partial charge < -0.3 is 3.79 Å². The molecule has 17 heavy (non-hydrogen) atoms. The molecule has 2 aromatic carbocycles. The predicted octanol–water partition coefficient (Wildman–Crippen LogP) is 3.43. The van der Waals surface area contributed by atoms with Gasteiger partial charge in [-0.3, -0.25) is 16.6 Å². The molecule has 3 radical (unpaired) electrons. The van der Waals surface area contributed by atoms with Gasteiger partial charge >= 0.3 is 0 Å². The van der Waals surface area contributed by atoms with Gasteiger partial charge in [0, 0.05) is 5.56 Å². The lowest BCUT2D eigenvalue weighted by Crippen LogP contribution is -1.88. The number of aromatic nitrogens is 1. The van der Waals surface area contributed by atoms with Crippen molar-refractivity contribution < 1.29 is 3.79 Å². The molecule has 0 saturated carbocycles. The SMILES string of the molecule is [Al-][O]c1ccccc1-c1nc2ccccc2s1. The van der Waals surface area contributed by atoms with Gasteiger partial charge in [0.25, 0.3) is 0 Å². The highest BCUT2D eigenvalue weighted by molar-refractivity contribution is 7.21. The number of fused-ring (bicyclic) bond motifs is 1. The molecule has 4 heteroatoms. The summed E-state index contributed by atoms with van der Waals surface area (Å²) in [6, 6.07) is 16.1. The largest absolute Gasteiger partial charge is 0.878 e. The first kappa shape index (κ1) is 10.8. The summed E-state index contributed by atoms with van der Waals surface area (Å²) in [5.41, 5.74) is 2.06. The zero-order valence-corrected chi connectivity index (χ0v) is 10.9. The summed E-state index contributed by atoms with van der Waals surface area (Å²) >= 11 is 3.96. The average Bonchev–Trinajstić information content (AvgIpc) is 2.82. The number of nitrogens with zero attached hydrogens (tertiary/aromatic N) is 1. The van der Waals surface area contributed by atoms with Crippen molar-refractivity contribution in [3.8, 4) is 16.3 Å². The molecule has 1 aromatic heterocycles. The van der Waals surface area contributed by atoms with Crippen LogP contribution in [0.25, 0.3) is 20.8 Å². The van der Waals surface area contributed by atoms with Crippen LogP contribution in [0.1, 0.15) is 0 Å². The van der Waals surface area contributed by atoms with Gasteiger partial charge in [-0.05, 0) is 24.3 Å². The molecule has 0 aliphatic carbocycles. The number of para-hydroxylation sites is 2. The molecule has 0 aliphatic heterocycles. The van der Waals surface area contributed by atoms with Crippen molar-refractivity contribution in [3.05, 3.63) is 48.5 Å². The lowest BCUT2D eigenvalue weighted by atomic mass is 10.2. The Bertz CT molecular complexity index is 632. The molecule has 0 unspecified atom stereocenters. The molecule has 3 rings (SSSR count). The van der Waals surface area contributed by atoms with Gasteiger partial charge in [-0.15, -0.1) is 11.3 Å². The fourth-order valence-electron chi connectivity index (χ4n) is 1.73. The predicted molar refractivity (Wildman–Crippen MR) is 71.4 cm³/mol. The molecule has 81 valence electrons. The van der Waals surface area contributed by atoms with E-state index in [9.17, 15) is 0 Å². The summed E-state index contributed by atoms with van der Waals surface area (Å²) in [4.78, 5) is 4.62. The van der Waals surface area contributed by atoms with Crippen molar-refractivity contribution in [1.82, 2.24) is 4.98 Å². The first-order chi connectivity index (χ1) is 8.38. The smallest absolute Gasteiger partial charge is 0.128 e. The Balaban J connectivity index is 2.20. The third-order valence-corrected chi connectivity index (χ3v) is 3.86. The molecule has 2 nitrogen and oxygen atoms in total. The Labute approximate surface area is 112 Å². The van der Waals surface area contributed by atoms with E-state index in [-0.39, 0.29) is 0 Å². The second-order valence-corrected chi connectivity index (χ2v) is 4.87. The number of thiazole rings is 1. The highest BCUT2D eigenvalue weighted by atomic mass is 32.1. The highest BCUT2D eigenvalue weighted by Gasteiger charge is 2.07. The average molecular weight is 253 g/mol. The van der Waals surface area contributed by atoms with Crippen LogP contribution in [0.3, 0.4) is 0 Å². The van der Waals surface area contributed by atoms with Crippen LogP contribution in [0.15, 0.2) is 48.5 Å². The van der Waals surface area contributed by atoms with Crippen LogP contribution in [-0.2, 0) is 0 Å². The molecular formula is C13H8AlNOS-. The maximum Gasteiger partial charge on any atom is 0.128 e. The van der Waals surface area contributed by atoms with E-state index in [0.717, 1.165) is 21.8 Å². The number of rotatable bonds is 2. The summed E-state index contributed by atoms with van der Waals surface area (Å²) in [6.45, 7) is 0. The highest BCUT2D eigenvalue weighted by Crippen LogP contribution is 2.35. The van der Waals surface area contributed by atoms with Crippen LogP contribution >= 0.6 is 11.3 Å². The first-order valence-corrected chi connectivity index (χ1v) is 6.49. The third kappa shape index (κ3) is 1.96. The summed E-state index contributed by atoms with van der Waals surface area (Å²) < 4.78 is 6.47. The first-order valence-electron chi connectivity index (χ1n) is 5.20. The van der Waals surface area contributed by atoms with Crippen LogP contribution in [0, 0.1) is 0 Å². The summed E-state index contributed by atoms with van der Waals surface area (Å²) in [7, 11) is 0. The van der Waals surface area contributed by atoms with E-state index in [4.69, 9.17) is 3.79 Å². The van der Waals surface area contributed by atoms with Crippen LogP contribution in [0.5, 0.6) is 5.75 Å². The number of benzene rings is 2. The van der Waals surface area contributed by atoms with Gasteiger partial charge in [-0.25, -0.2) is 4.98 Å². The Morgan fingerprint density at radius 1 is 1.00 bits per heavy atom. The molecule has 3 aromatic rings. The molecule has 0 saturated heterocycles. The normalized spacial score (nSPS) is 10.6. The molecule has 0 bridgehead atoms. The van der Waals surface area contributed by atoms with E-state index >= 15 is 0 Å². The minimum absolute atomic E-state index is 0.830. The lowest BCUT2D eigenvalue weighted by Gasteiger charge is -2.18. The van der Waals surface area contributed by atoms with Gasteiger partial charge in [0.1, 0.15) is 5.01 Å². The fourth-order valence-corrected chi connectivity index (χ4v) is 2.93. The monoisotopic (exact) mass is 253 g/mol. The summed E-state index contributed by atoms with van der Waals surface area (Å²) in [6.07, 6.45) is 0. The van der Waals surface area contributed by atoms with Crippen LogP contribution < -0.4 is 3.79 Å². The van der Waals surface area contributed by atoms with Crippen molar-refractivity contribution >= 4 is 38.2 Å². The second-order valence-electron chi connectivity index (χ2n) is 3.60. The van der Waals surface area contributed by atoms with Crippen molar-refractivity contribution in [2.24, 2.45) is 0 Å². The van der Waals surface area contributed by atoms with E-state index in [1.54, 1.807) is 11.3 Å². The van der Waals surface area contributed by atoms with E-state index in [1.807, 2.05) is 42.5 Å². The second kappa shape index (κ2) is 4.50. The van der Waals surface area contributed by atoms with Crippen molar-refractivity contribution in [2.75, 3.05) is 0 Å². The Hall–Kier alpha value is -1.34. The van der Waals surface area contributed by atoms with Crippen LogP contribution in [0.4, 0.5) is 0 Å². The minimum atomic E-state index is 0.830. The molecule has 0 spiro atoms. The maximum absolute atomic E-state index is 5.28. The van der Waals surface area contributed by atoms with Crippen molar-refractivity contribution in [3.63, 3.8) is 0 Å². The maximum atomic E-state index is 5.28. The van der Waals surface area contributed by atoms with Crippen molar-refractivity contribution in [1.29, 1.82) is 0 Å². The Morgan fingerprint density at radius 3 is 2.59 bits per heavy atom.